The average Bonchev–Trinajstić information content (AvgIpc) is 3.25. The van der Waals surface area contributed by atoms with Crippen molar-refractivity contribution in [3.8, 4) is 17.0 Å². The normalized spacial score (nSPS) is 14.5. The molecule has 8 heteroatoms. The standard InChI is InChI=1S/C27H27FN4O3/c1-17-4-6-19(7-5-17)23-15-22(25-18(2)30-35-26(25)29-23)27(33)32-12-10-31(11-13-32)16-20-14-21(28)8-9-24(20)34-3/h4-9,14-15H,10-13,16H2,1-3H3. The molecule has 35 heavy (non-hydrogen) atoms. The van der Waals surface area contributed by atoms with Gasteiger partial charge in [0.1, 0.15) is 11.6 Å². The summed E-state index contributed by atoms with van der Waals surface area (Å²) in [6, 6.07) is 14.4. The number of piperazine rings is 1. The van der Waals surface area contributed by atoms with Crippen LogP contribution in [-0.4, -0.2) is 59.1 Å². The highest BCUT2D eigenvalue weighted by Crippen LogP contribution is 2.29. The van der Waals surface area contributed by atoms with E-state index >= 15 is 0 Å². The smallest absolute Gasteiger partial charge is 0.259 e. The zero-order valence-corrected chi connectivity index (χ0v) is 20.0. The van der Waals surface area contributed by atoms with Gasteiger partial charge in [0.2, 0.25) is 0 Å². The van der Waals surface area contributed by atoms with Crippen LogP contribution in [-0.2, 0) is 6.54 Å². The molecule has 0 aliphatic carbocycles. The van der Waals surface area contributed by atoms with E-state index in [4.69, 9.17) is 9.26 Å². The highest BCUT2D eigenvalue weighted by Gasteiger charge is 2.27. The number of fused-ring (bicyclic) bond motifs is 1. The van der Waals surface area contributed by atoms with E-state index in [2.05, 4.69) is 15.0 Å². The van der Waals surface area contributed by atoms with Gasteiger partial charge in [0.25, 0.3) is 11.6 Å². The van der Waals surface area contributed by atoms with Gasteiger partial charge in [0.15, 0.2) is 0 Å². The molecule has 5 rings (SSSR count). The number of halogens is 1. The number of rotatable bonds is 5. The summed E-state index contributed by atoms with van der Waals surface area (Å²) in [5.74, 6) is 0.306. The molecule has 1 amide bonds. The van der Waals surface area contributed by atoms with E-state index in [0.717, 1.165) is 16.7 Å². The van der Waals surface area contributed by atoms with Gasteiger partial charge in [-0.15, -0.1) is 0 Å². The molecule has 0 unspecified atom stereocenters. The fourth-order valence-corrected chi connectivity index (χ4v) is 4.53. The zero-order valence-electron chi connectivity index (χ0n) is 20.0. The average molecular weight is 475 g/mol. The minimum Gasteiger partial charge on any atom is -0.496 e. The van der Waals surface area contributed by atoms with Gasteiger partial charge in [-0.3, -0.25) is 9.69 Å². The first-order valence-electron chi connectivity index (χ1n) is 11.6. The van der Waals surface area contributed by atoms with E-state index in [9.17, 15) is 9.18 Å². The van der Waals surface area contributed by atoms with Crippen LogP contribution in [0.1, 0.15) is 27.2 Å². The second-order valence-corrected chi connectivity index (χ2v) is 8.89. The van der Waals surface area contributed by atoms with E-state index in [1.807, 2.05) is 49.1 Å². The van der Waals surface area contributed by atoms with E-state index in [-0.39, 0.29) is 11.7 Å². The number of carbonyl (C=O) groups is 1. The van der Waals surface area contributed by atoms with Crippen molar-refractivity contribution in [2.24, 2.45) is 0 Å². The van der Waals surface area contributed by atoms with Crippen molar-refractivity contribution in [3.05, 3.63) is 76.7 Å². The van der Waals surface area contributed by atoms with Gasteiger partial charge < -0.3 is 14.2 Å². The second kappa shape index (κ2) is 9.46. The molecule has 7 nitrogen and oxygen atoms in total. The third kappa shape index (κ3) is 4.61. The molecule has 0 spiro atoms. The van der Waals surface area contributed by atoms with Gasteiger partial charge in [-0.1, -0.05) is 35.0 Å². The van der Waals surface area contributed by atoms with Crippen molar-refractivity contribution in [2.45, 2.75) is 20.4 Å². The van der Waals surface area contributed by atoms with Gasteiger partial charge in [-0.25, -0.2) is 9.37 Å². The first kappa shape index (κ1) is 23.0. The summed E-state index contributed by atoms with van der Waals surface area (Å²) in [5.41, 5.74) is 5.08. The molecule has 2 aromatic carbocycles. The summed E-state index contributed by atoms with van der Waals surface area (Å²) in [6.07, 6.45) is 0. The van der Waals surface area contributed by atoms with Crippen LogP contribution in [0.4, 0.5) is 4.39 Å². The number of benzene rings is 2. The molecule has 0 atom stereocenters. The van der Waals surface area contributed by atoms with Crippen LogP contribution in [0.2, 0.25) is 0 Å². The summed E-state index contributed by atoms with van der Waals surface area (Å²) < 4.78 is 24.6. The Kier molecular flexibility index (Phi) is 6.21. The van der Waals surface area contributed by atoms with Crippen molar-refractivity contribution < 1.29 is 18.4 Å². The van der Waals surface area contributed by atoms with Gasteiger partial charge >= 0.3 is 0 Å². The van der Waals surface area contributed by atoms with Crippen molar-refractivity contribution in [1.29, 1.82) is 0 Å². The minimum atomic E-state index is -0.287. The van der Waals surface area contributed by atoms with Crippen molar-refractivity contribution >= 4 is 17.0 Å². The Hall–Kier alpha value is -3.78. The summed E-state index contributed by atoms with van der Waals surface area (Å²) in [4.78, 5) is 22.3. The Balaban J connectivity index is 1.37. The van der Waals surface area contributed by atoms with E-state index in [0.29, 0.717) is 66.5 Å². The first-order chi connectivity index (χ1) is 16.9. The molecule has 0 radical (unpaired) electrons. The maximum Gasteiger partial charge on any atom is 0.259 e. The third-order valence-corrected chi connectivity index (χ3v) is 6.49. The maximum absolute atomic E-state index is 13.8. The molecule has 0 saturated carbocycles. The molecule has 3 heterocycles. The number of pyridine rings is 1. The first-order valence-corrected chi connectivity index (χ1v) is 11.6. The summed E-state index contributed by atoms with van der Waals surface area (Å²) in [7, 11) is 1.58. The molecule has 0 N–H and O–H groups in total. The molecule has 1 fully saturated rings. The molecule has 180 valence electrons. The topological polar surface area (TPSA) is 71.7 Å². The molecular weight excluding hydrogens is 447 g/mol. The number of nitrogens with zero attached hydrogens (tertiary/aromatic N) is 4. The number of methoxy groups -OCH3 is 1. The number of hydrogen-bond donors (Lipinski definition) is 0. The predicted octanol–water partition coefficient (Wildman–Crippen LogP) is 4.61. The third-order valence-electron chi connectivity index (χ3n) is 6.49. The molecule has 1 aliphatic heterocycles. The van der Waals surface area contributed by atoms with Crippen LogP contribution in [0.3, 0.4) is 0 Å². The number of ether oxygens (including phenoxy) is 1. The lowest BCUT2D eigenvalue weighted by Gasteiger charge is -2.35. The molecule has 2 aromatic heterocycles. The Morgan fingerprint density at radius 1 is 1.06 bits per heavy atom. The fraction of sp³-hybridized carbons (Fsp3) is 0.296. The predicted molar refractivity (Wildman–Crippen MR) is 131 cm³/mol. The molecular formula is C27H27FN4O3. The van der Waals surface area contributed by atoms with Crippen LogP contribution in [0.25, 0.3) is 22.4 Å². The minimum absolute atomic E-state index is 0.0694. The molecule has 1 aliphatic rings. The number of amides is 1. The monoisotopic (exact) mass is 474 g/mol. The number of hydrogen-bond acceptors (Lipinski definition) is 6. The van der Waals surface area contributed by atoms with Crippen LogP contribution in [0, 0.1) is 19.7 Å². The van der Waals surface area contributed by atoms with Crippen LogP contribution >= 0.6 is 0 Å². The Labute approximate surface area is 203 Å². The SMILES string of the molecule is COc1ccc(F)cc1CN1CCN(C(=O)c2cc(-c3ccc(C)cc3)nc3onc(C)c23)CC1. The summed E-state index contributed by atoms with van der Waals surface area (Å²) >= 11 is 0. The lowest BCUT2D eigenvalue weighted by atomic mass is 10.0. The summed E-state index contributed by atoms with van der Waals surface area (Å²) in [6.45, 7) is 6.87. The van der Waals surface area contributed by atoms with E-state index < -0.39 is 0 Å². The number of aromatic nitrogens is 2. The van der Waals surface area contributed by atoms with Crippen LogP contribution in [0.5, 0.6) is 5.75 Å². The highest BCUT2D eigenvalue weighted by atomic mass is 19.1. The summed E-state index contributed by atoms with van der Waals surface area (Å²) in [5, 5.41) is 4.71. The van der Waals surface area contributed by atoms with Crippen molar-refractivity contribution in [1.82, 2.24) is 19.9 Å². The van der Waals surface area contributed by atoms with Gasteiger partial charge in [0.05, 0.1) is 29.4 Å². The van der Waals surface area contributed by atoms with Crippen LogP contribution in [0.15, 0.2) is 53.1 Å². The quantitative estimate of drug-likeness (QED) is 0.421. The maximum atomic E-state index is 13.8. The number of aryl methyl sites for hydroxylation is 2. The Bertz CT molecular complexity index is 1380. The second-order valence-electron chi connectivity index (χ2n) is 8.89. The van der Waals surface area contributed by atoms with Crippen LogP contribution < -0.4 is 4.74 Å². The fourth-order valence-electron chi connectivity index (χ4n) is 4.53. The Morgan fingerprint density at radius 2 is 1.80 bits per heavy atom. The van der Waals surface area contributed by atoms with E-state index in [1.54, 1.807) is 13.2 Å². The largest absolute Gasteiger partial charge is 0.496 e. The van der Waals surface area contributed by atoms with Crippen molar-refractivity contribution in [3.63, 3.8) is 0 Å². The highest BCUT2D eigenvalue weighted by molar-refractivity contribution is 6.07. The zero-order chi connectivity index (χ0) is 24.5. The van der Waals surface area contributed by atoms with Gasteiger partial charge in [0, 0.05) is 43.9 Å². The molecule has 0 bridgehead atoms. The lowest BCUT2D eigenvalue weighted by molar-refractivity contribution is 0.0629. The molecule has 1 saturated heterocycles. The number of carbonyl (C=O) groups excluding carboxylic acids is 1. The van der Waals surface area contributed by atoms with E-state index in [1.165, 1.54) is 12.1 Å². The molecule has 4 aromatic rings. The Morgan fingerprint density at radius 3 is 2.51 bits per heavy atom. The lowest BCUT2D eigenvalue weighted by Crippen LogP contribution is -2.48. The van der Waals surface area contributed by atoms with Crippen molar-refractivity contribution in [2.75, 3.05) is 33.3 Å². The van der Waals surface area contributed by atoms with Gasteiger partial charge in [-0.2, -0.15) is 0 Å². The van der Waals surface area contributed by atoms with Gasteiger partial charge in [-0.05, 0) is 38.1 Å².